The number of thiazole rings is 1. The lowest BCUT2D eigenvalue weighted by Crippen LogP contribution is -2.31. The van der Waals surface area contributed by atoms with Crippen LogP contribution in [0.2, 0.25) is 0 Å². The van der Waals surface area contributed by atoms with Gasteiger partial charge in [-0.2, -0.15) is 9.30 Å². The maximum absolute atomic E-state index is 13.0. The fourth-order valence-electron chi connectivity index (χ4n) is 3.72. The van der Waals surface area contributed by atoms with Crippen LogP contribution in [0.1, 0.15) is 28.4 Å². The van der Waals surface area contributed by atoms with Gasteiger partial charge in [-0.1, -0.05) is 29.6 Å². The van der Waals surface area contributed by atoms with Gasteiger partial charge in [0.25, 0.3) is 5.91 Å². The van der Waals surface area contributed by atoms with Crippen LogP contribution in [0.15, 0.2) is 71.6 Å². The Morgan fingerprint density at radius 2 is 1.75 bits per heavy atom. The predicted molar refractivity (Wildman–Crippen MR) is 141 cm³/mol. The van der Waals surface area contributed by atoms with Gasteiger partial charge in [-0.05, 0) is 62.2 Å². The van der Waals surface area contributed by atoms with Gasteiger partial charge in [-0.25, -0.2) is 8.42 Å². The molecular formula is C26H29N3O5S2. The van der Waals surface area contributed by atoms with Crippen molar-refractivity contribution in [3.63, 3.8) is 0 Å². The van der Waals surface area contributed by atoms with E-state index in [1.54, 1.807) is 11.5 Å². The van der Waals surface area contributed by atoms with Crippen LogP contribution < -0.4 is 4.80 Å². The molecule has 0 radical (unpaired) electrons. The molecule has 2 aromatic carbocycles. The molecule has 0 spiro atoms. The van der Waals surface area contributed by atoms with Gasteiger partial charge in [-0.15, -0.1) is 13.2 Å². The molecule has 36 heavy (non-hydrogen) atoms. The topological polar surface area (TPSA) is 98.0 Å². The number of esters is 1. The molecule has 0 saturated carbocycles. The summed E-state index contributed by atoms with van der Waals surface area (Å²) in [5.74, 6) is -0.977. The zero-order valence-electron chi connectivity index (χ0n) is 20.6. The molecule has 0 fully saturated rings. The average molecular weight is 528 g/mol. The molecule has 190 valence electrons. The highest BCUT2D eigenvalue weighted by molar-refractivity contribution is 7.89. The number of carbonyl (C=O) groups excluding carboxylic acids is 2. The summed E-state index contributed by atoms with van der Waals surface area (Å²) < 4.78 is 34.8. The van der Waals surface area contributed by atoms with E-state index in [1.807, 2.05) is 26.0 Å². The van der Waals surface area contributed by atoms with Crippen molar-refractivity contribution >= 4 is 43.5 Å². The van der Waals surface area contributed by atoms with Crippen LogP contribution in [0.3, 0.4) is 0 Å². The number of sulfonamides is 1. The van der Waals surface area contributed by atoms with Crippen LogP contribution >= 0.6 is 11.3 Å². The van der Waals surface area contributed by atoms with E-state index in [9.17, 15) is 18.0 Å². The molecule has 0 aliphatic heterocycles. The van der Waals surface area contributed by atoms with Crippen LogP contribution in [-0.2, 0) is 26.1 Å². The first-order valence-electron chi connectivity index (χ1n) is 11.3. The minimum absolute atomic E-state index is 0.0492. The lowest BCUT2D eigenvalue weighted by atomic mass is 10.1. The fourth-order valence-corrected chi connectivity index (χ4v) is 6.17. The van der Waals surface area contributed by atoms with Gasteiger partial charge in [0, 0.05) is 18.7 Å². The third-order valence-electron chi connectivity index (χ3n) is 5.31. The molecule has 0 aliphatic carbocycles. The van der Waals surface area contributed by atoms with Crippen LogP contribution in [0.4, 0.5) is 0 Å². The second-order valence-electron chi connectivity index (χ2n) is 8.05. The first-order valence-corrected chi connectivity index (χ1v) is 13.5. The Hall–Kier alpha value is -3.34. The highest BCUT2D eigenvalue weighted by Gasteiger charge is 2.23. The van der Waals surface area contributed by atoms with Crippen molar-refractivity contribution in [3.8, 4) is 0 Å². The van der Waals surface area contributed by atoms with Crippen LogP contribution in [0, 0.1) is 13.8 Å². The van der Waals surface area contributed by atoms with Crippen molar-refractivity contribution in [3.05, 3.63) is 83.2 Å². The number of aryl methyl sites for hydroxylation is 2. The van der Waals surface area contributed by atoms with Gasteiger partial charge in [0.15, 0.2) is 4.80 Å². The maximum atomic E-state index is 13.0. The number of hydrogen-bond acceptors (Lipinski definition) is 6. The number of hydrogen-bond donors (Lipinski definition) is 0. The molecule has 1 amide bonds. The Morgan fingerprint density at radius 1 is 1.11 bits per heavy atom. The molecule has 0 saturated heterocycles. The Kier molecular flexibility index (Phi) is 8.78. The number of rotatable bonds is 10. The van der Waals surface area contributed by atoms with E-state index in [0.717, 1.165) is 21.3 Å². The van der Waals surface area contributed by atoms with Crippen LogP contribution in [-0.4, -0.2) is 48.9 Å². The summed E-state index contributed by atoms with van der Waals surface area (Å²) in [4.78, 5) is 30.0. The third kappa shape index (κ3) is 5.89. The Balaban J connectivity index is 2.02. The molecule has 1 aromatic heterocycles. The molecule has 0 aliphatic rings. The summed E-state index contributed by atoms with van der Waals surface area (Å²) in [7, 11) is -3.78. The summed E-state index contributed by atoms with van der Waals surface area (Å²) in [5, 5.41) is 0. The zero-order valence-corrected chi connectivity index (χ0v) is 22.2. The van der Waals surface area contributed by atoms with Crippen molar-refractivity contribution < 1.29 is 22.7 Å². The minimum atomic E-state index is -3.78. The Bertz CT molecular complexity index is 1470. The number of ether oxygens (including phenoxy) is 1. The van der Waals surface area contributed by atoms with Crippen LogP contribution in [0.25, 0.3) is 10.2 Å². The third-order valence-corrected chi connectivity index (χ3v) is 8.38. The summed E-state index contributed by atoms with van der Waals surface area (Å²) in [5.41, 5.74) is 3.05. The number of fused-ring (bicyclic) bond motifs is 1. The Morgan fingerprint density at radius 3 is 2.33 bits per heavy atom. The quantitative estimate of drug-likeness (QED) is 0.293. The predicted octanol–water partition coefficient (Wildman–Crippen LogP) is 3.99. The van der Waals surface area contributed by atoms with E-state index in [2.05, 4.69) is 18.2 Å². The molecule has 10 heteroatoms. The van der Waals surface area contributed by atoms with Gasteiger partial charge in [-0.3, -0.25) is 9.59 Å². The van der Waals surface area contributed by atoms with Gasteiger partial charge >= 0.3 is 5.97 Å². The smallest absolute Gasteiger partial charge is 0.326 e. The number of aromatic nitrogens is 1. The van der Waals surface area contributed by atoms with Crippen molar-refractivity contribution in [1.82, 2.24) is 8.87 Å². The zero-order chi connectivity index (χ0) is 26.5. The molecule has 3 aromatic rings. The van der Waals surface area contributed by atoms with E-state index >= 15 is 0 Å². The van der Waals surface area contributed by atoms with Crippen molar-refractivity contribution in [2.75, 3.05) is 19.7 Å². The average Bonchev–Trinajstić information content (AvgIpc) is 3.16. The first kappa shape index (κ1) is 27.3. The Labute approximate surface area is 214 Å². The van der Waals surface area contributed by atoms with Crippen LogP contribution in [0.5, 0.6) is 0 Å². The number of benzene rings is 2. The van der Waals surface area contributed by atoms with Crippen molar-refractivity contribution in [1.29, 1.82) is 0 Å². The standard InChI is InChI=1S/C26H29N3O5S2/c1-6-13-28(14-7-2)36(32,33)21-11-9-20(10-12-21)25(31)27-26-29(17-23(30)34-8-3)22-16-18(4)15-19(5)24(22)35-26/h6-7,9-12,15-16H,1-2,8,13-14,17H2,3-5H3. The lowest BCUT2D eigenvalue weighted by Gasteiger charge is -2.19. The summed E-state index contributed by atoms with van der Waals surface area (Å²) in [6.45, 7) is 13.3. The molecule has 8 nitrogen and oxygen atoms in total. The second-order valence-corrected chi connectivity index (χ2v) is 11.0. The van der Waals surface area contributed by atoms with E-state index in [1.165, 1.54) is 52.1 Å². The van der Waals surface area contributed by atoms with E-state index in [4.69, 9.17) is 4.74 Å². The van der Waals surface area contributed by atoms with Gasteiger partial charge in [0.1, 0.15) is 6.54 Å². The van der Waals surface area contributed by atoms with Crippen molar-refractivity contribution in [2.45, 2.75) is 32.2 Å². The number of carbonyl (C=O) groups is 2. The van der Waals surface area contributed by atoms with Gasteiger partial charge in [0.2, 0.25) is 10.0 Å². The largest absolute Gasteiger partial charge is 0.465 e. The minimum Gasteiger partial charge on any atom is -0.465 e. The molecule has 1 heterocycles. The lowest BCUT2D eigenvalue weighted by molar-refractivity contribution is -0.143. The number of amides is 1. The second kappa shape index (κ2) is 11.6. The van der Waals surface area contributed by atoms with E-state index in [0.29, 0.717) is 4.80 Å². The van der Waals surface area contributed by atoms with E-state index in [-0.39, 0.29) is 36.7 Å². The molecule has 0 N–H and O–H groups in total. The SMILES string of the molecule is C=CCN(CC=C)S(=O)(=O)c1ccc(C(=O)N=c2sc3c(C)cc(C)cc3n2CC(=O)OCC)cc1. The molecule has 0 bridgehead atoms. The normalized spacial score (nSPS) is 12.2. The number of nitrogens with zero attached hydrogens (tertiary/aromatic N) is 3. The highest BCUT2D eigenvalue weighted by Crippen LogP contribution is 2.24. The molecule has 0 atom stereocenters. The first-order chi connectivity index (χ1) is 17.1. The monoisotopic (exact) mass is 527 g/mol. The molecular weight excluding hydrogens is 498 g/mol. The van der Waals surface area contributed by atoms with Crippen molar-refractivity contribution in [2.24, 2.45) is 4.99 Å². The van der Waals surface area contributed by atoms with Gasteiger partial charge in [0.05, 0.1) is 21.7 Å². The van der Waals surface area contributed by atoms with Gasteiger partial charge < -0.3 is 9.30 Å². The fraction of sp³-hybridized carbons (Fsp3) is 0.269. The van der Waals surface area contributed by atoms with E-state index < -0.39 is 21.9 Å². The molecule has 3 rings (SSSR count). The summed E-state index contributed by atoms with van der Waals surface area (Å²) in [6.07, 6.45) is 3.00. The summed E-state index contributed by atoms with van der Waals surface area (Å²) in [6, 6.07) is 9.58. The summed E-state index contributed by atoms with van der Waals surface area (Å²) >= 11 is 1.31. The maximum Gasteiger partial charge on any atom is 0.326 e. The molecule has 0 unspecified atom stereocenters. The highest BCUT2D eigenvalue weighted by atomic mass is 32.2.